The van der Waals surface area contributed by atoms with Gasteiger partial charge in [0.15, 0.2) is 0 Å². The molecule has 0 saturated carbocycles. The number of likely N-dealkylation sites (tertiary alicyclic amines) is 1. The zero-order valence-electron chi connectivity index (χ0n) is 19.1. The summed E-state index contributed by atoms with van der Waals surface area (Å²) < 4.78 is 11.1. The van der Waals surface area contributed by atoms with Gasteiger partial charge in [-0.15, -0.1) is 0 Å². The number of ether oxygens (including phenoxy) is 2. The fraction of sp³-hybridized carbons (Fsp3) is 0.348. The third kappa shape index (κ3) is 3.89. The quantitative estimate of drug-likeness (QED) is 0.533. The number of likely N-dealkylation sites (N-methyl/N-ethyl adjacent to an activating group) is 1. The highest BCUT2D eigenvalue weighted by Crippen LogP contribution is 2.36. The van der Waals surface area contributed by atoms with E-state index in [2.05, 4.69) is 25.6 Å². The van der Waals surface area contributed by atoms with Crippen molar-refractivity contribution >= 4 is 40.1 Å². The average molecular weight is 463 g/mol. The molecule has 2 aliphatic heterocycles. The van der Waals surface area contributed by atoms with Gasteiger partial charge in [0.1, 0.15) is 29.5 Å². The predicted octanol–water partition coefficient (Wildman–Crippen LogP) is 2.56. The van der Waals surface area contributed by atoms with Gasteiger partial charge in [0.25, 0.3) is 0 Å². The Labute approximate surface area is 195 Å². The Morgan fingerprint density at radius 3 is 2.91 bits per heavy atom. The van der Waals surface area contributed by atoms with Gasteiger partial charge in [-0.25, -0.2) is 19.7 Å². The minimum Gasteiger partial charge on any atom is -0.474 e. The number of pyridine rings is 3. The van der Waals surface area contributed by atoms with Crippen LogP contribution in [-0.2, 0) is 9.53 Å². The topological polar surface area (TPSA) is 145 Å². The van der Waals surface area contributed by atoms with Crippen LogP contribution in [0, 0.1) is 6.92 Å². The van der Waals surface area contributed by atoms with Gasteiger partial charge >= 0.3 is 6.09 Å². The van der Waals surface area contributed by atoms with E-state index in [0.717, 1.165) is 22.2 Å². The van der Waals surface area contributed by atoms with E-state index >= 15 is 0 Å². The molecular weight excluding hydrogens is 438 g/mol. The van der Waals surface area contributed by atoms with E-state index in [9.17, 15) is 9.59 Å². The van der Waals surface area contributed by atoms with Crippen LogP contribution < -0.4 is 21.1 Å². The molecule has 11 heteroatoms. The maximum absolute atomic E-state index is 12.5. The van der Waals surface area contributed by atoms with Crippen LogP contribution in [0.3, 0.4) is 0 Å². The first-order chi connectivity index (χ1) is 16.2. The number of carbonyl (C=O) groups excluding carboxylic acids is 2. The smallest absolute Gasteiger partial charge is 0.413 e. The summed E-state index contributed by atoms with van der Waals surface area (Å²) in [6.07, 6.45) is 2.73. The number of nitrogens with one attached hydrogen (secondary N) is 2. The molecule has 2 amide bonds. The van der Waals surface area contributed by atoms with Crippen LogP contribution in [0.25, 0.3) is 22.0 Å². The Morgan fingerprint density at radius 2 is 2.15 bits per heavy atom. The van der Waals surface area contributed by atoms with Gasteiger partial charge in [0, 0.05) is 36.9 Å². The first-order valence-electron chi connectivity index (χ1n) is 10.9. The largest absolute Gasteiger partial charge is 0.474 e. The second-order valence-electron chi connectivity index (χ2n) is 8.83. The molecule has 176 valence electrons. The van der Waals surface area contributed by atoms with E-state index in [4.69, 9.17) is 15.2 Å². The Kier molecular flexibility index (Phi) is 5.11. The van der Waals surface area contributed by atoms with Crippen LogP contribution in [-0.4, -0.2) is 64.2 Å². The second-order valence-corrected chi connectivity index (χ2v) is 8.83. The monoisotopic (exact) mass is 463 g/mol. The van der Waals surface area contributed by atoms with E-state index in [1.807, 2.05) is 13.0 Å². The minimum atomic E-state index is -0.886. The molecule has 1 saturated heterocycles. The van der Waals surface area contributed by atoms with E-state index in [0.29, 0.717) is 48.3 Å². The van der Waals surface area contributed by atoms with Gasteiger partial charge in [0.2, 0.25) is 11.8 Å². The first-order valence-corrected chi connectivity index (χ1v) is 10.9. The van der Waals surface area contributed by atoms with Crippen LogP contribution in [0.4, 0.5) is 22.1 Å². The number of fused-ring (bicyclic) bond motifs is 2. The van der Waals surface area contributed by atoms with Crippen LogP contribution >= 0.6 is 0 Å². The van der Waals surface area contributed by atoms with E-state index in [-0.39, 0.29) is 12.3 Å². The number of amides is 2. The molecule has 3 aromatic heterocycles. The summed E-state index contributed by atoms with van der Waals surface area (Å²) in [6, 6.07) is 3.57. The number of nitrogen functional groups attached to an aromatic ring is 1. The highest BCUT2D eigenvalue weighted by atomic mass is 16.6. The maximum Gasteiger partial charge on any atom is 0.413 e. The third-order valence-electron chi connectivity index (χ3n) is 6.06. The molecule has 0 spiro atoms. The number of rotatable bonds is 3. The molecule has 1 unspecified atom stereocenters. The lowest BCUT2D eigenvalue weighted by molar-refractivity contribution is -0.126. The van der Waals surface area contributed by atoms with Crippen molar-refractivity contribution in [3.63, 3.8) is 0 Å². The molecule has 4 N–H and O–H groups in total. The van der Waals surface area contributed by atoms with Gasteiger partial charge in [0.05, 0.1) is 18.7 Å². The number of nitrogens with two attached hydrogens (primary N) is 1. The van der Waals surface area contributed by atoms with Crippen molar-refractivity contribution in [2.24, 2.45) is 0 Å². The maximum atomic E-state index is 12.5. The number of hydrogen-bond donors (Lipinski definition) is 3. The van der Waals surface area contributed by atoms with Crippen molar-refractivity contribution in [2.45, 2.75) is 25.9 Å². The van der Waals surface area contributed by atoms with Crippen LogP contribution in [0.5, 0.6) is 5.88 Å². The standard InChI is InChI=1S/C23H25N7O4/c1-12-14(9-27-21-19(12)25-4-5-33-21)16-6-13-7-17(26-10-15(13)20(24)28-16)29-22(32)34-23(2)8-18(31)30(3)11-23/h6-7,9-10,25H,4-5,8,11H2,1-3H3,(H2,24,28)(H,26,29,32). The SMILES string of the molecule is Cc1c(-c2cc3cc(NC(=O)OC4(C)CC(=O)N(C)C4)ncc3c(N)n2)cnc2c1NCCO2. The summed E-state index contributed by atoms with van der Waals surface area (Å²) >= 11 is 0. The van der Waals surface area contributed by atoms with Crippen molar-refractivity contribution in [1.29, 1.82) is 0 Å². The second kappa shape index (κ2) is 8.01. The molecule has 0 aromatic carbocycles. The lowest BCUT2D eigenvalue weighted by atomic mass is 10.0. The predicted molar refractivity (Wildman–Crippen MR) is 127 cm³/mol. The normalized spacial score (nSPS) is 19.4. The minimum absolute atomic E-state index is 0.0663. The molecule has 0 bridgehead atoms. The van der Waals surface area contributed by atoms with Gasteiger partial charge < -0.3 is 25.4 Å². The van der Waals surface area contributed by atoms with Crippen LogP contribution in [0.1, 0.15) is 18.9 Å². The summed E-state index contributed by atoms with van der Waals surface area (Å²) in [7, 11) is 1.68. The molecule has 3 aromatic rings. The highest BCUT2D eigenvalue weighted by Gasteiger charge is 2.41. The van der Waals surface area contributed by atoms with Crippen molar-refractivity contribution in [3.8, 4) is 17.1 Å². The zero-order chi connectivity index (χ0) is 24.0. The van der Waals surface area contributed by atoms with Gasteiger partial charge in [-0.3, -0.25) is 10.1 Å². The average Bonchev–Trinajstić information content (AvgIpc) is 3.04. The molecule has 1 fully saturated rings. The molecular formula is C23H25N7O4. The van der Waals surface area contributed by atoms with Crippen molar-refractivity contribution in [1.82, 2.24) is 19.9 Å². The third-order valence-corrected chi connectivity index (χ3v) is 6.06. The number of hydrogen-bond acceptors (Lipinski definition) is 9. The Balaban J connectivity index is 1.42. The van der Waals surface area contributed by atoms with Crippen LogP contribution in [0.15, 0.2) is 24.5 Å². The number of nitrogens with zero attached hydrogens (tertiary/aromatic N) is 4. The lowest BCUT2D eigenvalue weighted by Gasteiger charge is -2.23. The van der Waals surface area contributed by atoms with E-state index in [1.165, 1.54) is 4.90 Å². The molecule has 5 heterocycles. The van der Waals surface area contributed by atoms with Crippen molar-refractivity contribution in [3.05, 3.63) is 30.1 Å². The molecule has 1 atom stereocenters. The Hall–Kier alpha value is -4.15. The molecule has 0 aliphatic carbocycles. The van der Waals surface area contributed by atoms with Gasteiger partial charge in [-0.1, -0.05) is 0 Å². The molecule has 5 rings (SSSR count). The summed E-state index contributed by atoms with van der Waals surface area (Å²) in [5.41, 5.74) is 8.60. The number of carbonyl (C=O) groups is 2. The fourth-order valence-electron chi connectivity index (χ4n) is 4.38. The summed E-state index contributed by atoms with van der Waals surface area (Å²) in [4.78, 5) is 39.1. The Morgan fingerprint density at radius 1 is 1.32 bits per heavy atom. The first kappa shape index (κ1) is 21.7. The van der Waals surface area contributed by atoms with E-state index < -0.39 is 11.7 Å². The molecule has 2 aliphatic rings. The number of aromatic nitrogens is 3. The fourth-order valence-corrected chi connectivity index (χ4v) is 4.38. The van der Waals surface area contributed by atoms with Crippen LogP contribution in [0.2, 0.25) is 0 Å². The molecule has 34 heavy (non-hydrogen) atoms. The summed E-state index contributed by atoms with van der Waals surface area (Å²) in [5, 5.41) is 7.37. The molecule has 0 radical (unpaired) electrons. The van der Waals surface area contributed by atoms with Crippen molar-refractivity contribution in [2.75, 3.05) is 43.1 Å². The van der Waals surface area contributed by atoms with Gasteiger partial charge in [-0.05, 0) is 36.9 Å². The Bertz CT molecular complexity index is 1330. The highest BCUT2D eigenvalue weighted by molar-refractivity contribution is 5.96. The lowest BCUT2D eigenvalue weighted by Crippen LogP contribution is -2.36. The van der Waals surface area contributed by atoms with Gasteiger partial charge in [-0.2, -0.15) is 0 Å². The molecule has 11 nitrogen and oxygen atoms in total. The summed E-state index contributed by atoms with van der Waals surface area (Å²) in [6.45, 7) is 5.31. The zero-order valence-corrected chi connectivity index (χ0v) is 19.1. The number of anilines is 3. The summed E-state index contributed by atoms with van der Waals surface area (Å²) in [5.74, 6) is 1.11. The van der Waals surface area contributed by atoms with Crippen molar-refractivity contribution < 1.29 is 19.1 Å². The van der Waals surface area contributed by atoms with E-state index in [1.54, 1.807) is 32.4 Å².